The van der Waals surface area contributed by atoms with Gasteiger partial charge in [0.2, 0.25) is 0 Å². The van der Waals surface area contributed by atoms with E-state index in [4.69, 9.17) is 0 Å². The van der Waals surface area contributed by atoms with Crippen LogP contribution in [0.4, 0.5) is 0 Å². The molecular formula is C15H22O. The summed E-state index contributed by atoms with van der Waals surface area (Å²) in [5, 5.41) is 0. The SMILES string of the molecule is CCCc1ccccc1C(C)C(=O)C(C)C. The maximum Gasteiger partial charge on any atom is 0.142 e. The normalized spacial score (nSPS) is 12.8. The minimum absolute atomic E-state index is 0.0303. The lowest BCUT2D eigenvalue weighted by molar-refractivity contribution is -0.123. The van der Waals surface area contributed by atoms with E-state index in [0.29, 0.717) is 5.78 Å². The molecule has 0 aliphatic rings. The van der Waals surface area contributed by atoms with Crippen molar-refractivity contribution < 1.29 is 4.79 Å². The molecule has 1 rings (SSSR count). The molecule has 0 radical (unpaired) electrons. The molecule has 1 aromatic carbocycles. The van der Waals surface area contributed by atoms with Gasteiger partial charge in [-0.15, -0.1) is 0 Å². The lowest BCUT2D eigenvalue weighted by atomic mass is 9.86. The molecule has 0 amide bonds. The maximum absolute atomic E-state index is 12.0. The van der Waals surface area contributed by atoms with Crippen LogP contribution in [0, 0.1) is 5.92 Å². The molecule has 88 valence electrons. The largest absolute Gasteiger partial charge is 0.299 e. The molecule has 0 bridgehead atoms. The van der Waals surface area contributed by atoms with Crippen LogP contribution in [-0.2, 0) is 11.2 Å². The predicted octanol–water partition coefficient (Wildman–Crippen LogP) is 3.97. The summed E-state index contributed by atoms with van der Waals surface area (Å²) in [7, 11) is 0. The summed E-state index contributed by atoms with van der Waals surface area (Å²) >= 11 is 0. The number of Topliss-reactive ketones (excluding diaryl/α,β-unsaturated/α-hetero) is 1. The Bertz CT molecular complexity index is 352. The number of hydrogen-bond acceptors (Lipinski definition) is 1. The highest BCUT2D eigenvalue weighted by atomic mass is 16.1. The van der Waals surface area contributed by atoms with E-state index in [-0.39, 0.29) is 11.8 Å². The van der Waals surface area contributed by atoms with Crippen LogP contribution in [0.3, 0.4) is 0 Å². The van der Waals surface area contributed by atoms with Crippen LogP contribution in [0.25, 0.3) is 0 Å². The van der Waals surface area contributed by atoms with Crippen molar-refractivity contribution in [1.29, 1.82) is 0 Å². The van der Waals surface area contributed by atoms with Gasteiger partial charge in [0.25, 0.3) is 0 Å². The van der Waals surface area contributed by atoms with Gasteiger partial charge in [-0.1, -0.05) is 58.4 Å². The van der Waals surface area contributed by atoms with Gasteiger partial charge in [0.1, 0.15) is 5.78 Å². The highest BCUT2D eigenvalue weighted by molar-refractivity contribution is 5.87. The Hall–Kier alpha value is -1.11. The van der Waals surface area contributed by atoms with E-state index in [0.717, 1.165) is 12.8 Å². The van der Waals surface area contributed by atoms with Crippen molar-refractivity contribution in [3.63, 3.8) is 0 Å². The van der Waals surface area contributed by atoms with Gasteiger partial charge < -0.3 is 0 Å². The van der Waals surface area contributed by atoms with Crippen LogP contribution in [-0.4, -0.2) is 5.78 Å². The van der Waals surface area contributed by atoms with Crippen LogP contribution in [0.1, 0.15) is 51.2 Å². The first-order chi connectivity index (χ1) is 7.57. The van der Waals surface area contributed by atoms with Crippen LogP contribution in [0.15, 0.2) is 24.3 Å². The standard InChI is InChI=1S/C15H22O/c1-5-8-13-9-6-7-10-14(13)12(4)15(16)11(2)3/h6-7,9-12H,5,8H2,1-4H3. The van der Waals surface area contributed by atoms with Gasteiger partial charge in [0.05, 0.1) is 0 Å². The highest BCUT2D eigenvalue weighted by Gasteiger charge is 2.19. The van der Waals surface area contributed by atoms with Crippen molar-refractivity contribution in [2.45, 2.75) is 46.5 Å². The number of benzene rings is 1. The fourth-order valence-electron chi connectivity index (χ4n) is 2.11. The van der Waals surface area contributed by atoms with Gasteiger partial charge in [-0.2, -0.15) is 0 Å². The Morgan fingerprint density at radius 3 is 2.38 bits per heavy atom. The van der Waals surface area contributed by atoms with Crippen molar-refractivity contribution in [2.24, 2.45) is 5.92 Å². The van der Waals surface area contributed by atoms with E-state index in [1.807, 2.05) is 26.8 Å². The van der Waals surface area contributed by atoms with Crippen LogP contribution >= 0.6 is 0 Å². The summed E-state index contributed by atoms with van der Waals surface area (Å²) in [5.74, 6) is 0.482. The molecule has 1 unspecified atom stereocenters. The number of rotatable bonds is 5. The molecule has 0 saturated carbocycles. The summed E-state index contributed by atoms with van der Waals surface area (Å²) in [4.78, 5) is 12.0. The Morgan fingerprint density at radius 1 is 1.19 bits per heavy atom. The van der Waals surface area contributed by atoms with Crippen LogP contribution in [0.2, 0.25) is 0 Å². The third-order valence-electron chi connectivity index (χ3n) is 3.04. The van der Waals surface area contributed by atoms with Crippen molar-refractivity contribution in [3.8, 4) is 0 Å². The highest BCUT2D eigenvalue weighted by Crippen LogP contribution is 2.24. The summed E-state index contributed by atoms with van der Waals surface area (Å²) in [6, 6.07) is 8.32. The molecule has 1 nitrogen and oxygen atoms in total. The molecule has 0 heterocycles. The minimum atomic E-state index is 0.0303. The second-order valence-electron chi connectivity index (χ2n) is 4.73. The fourth-order valence-corrected chi connectivity index (χ4v) is 2.11. The van der Waals surface area contributed by atoms with Crippen molar-refractivity contribution in [2.75, 3.05) is 0 Å². The molecule has 1 aromatic rings. The molecule has 0 N–H and O–H groups in total. The third kappa shape index (κ3) is 2.94. The Morgan fingerprint density at radius 2 is 1.81 bits per heavy atom. The first-order valence-electron chi connectivity index (χ1n) is 6.19. The molecule has 0 saturated heterocycles. The number of carbonyl (C=O) groups excluding carboxylic acids is 1. The predicted molar refractivity (Wildman–Crippen MR) is 68.7 cm³/mol. The fraction of sp³-hybridized carbons (Fsp3) is 0.533. The van der Waals surface area contributed by atoms with Crippen LogP contribution in [0.5, 0.6) is 0 Å². The van der Waals surface area contributed by atoms with E-state index in [1.165, 1.54) is 11.1 Å². The maximum atomic E-state index is 12.0. The number of ketones is 1. The Balaban J connectivity index is 2.98. The third-order valence-corrected chi connectivity index (χ3v) is 3.04. The second-order valence-corrected chi connectivity index (χ2v) is 4.73. The lowest BCUT2D eigenvalue weighted by Gasteiger charge is -2.17. The molecule has 16 heavy (non-hydrogen) atoms. The average Bonchev–Trinajstić information content (AvgIpc) is 2.28. The number of hydrogen-bond donors (Lipinski definition) is 0. The van der Waals surface area contributed by atoms with Gasteiger partial charge in [0, 0.05) is 11.8 Å². The quantitative estimate of drug-likeness (QED) is 0.731. The van der Waals surface area contributed by atoms with Crippen LogP contribution < -0.4 is 0 Å². The van der Waals surface area contributed by atoms with Gasteiger partial charge in [0.15, 0.2) is 0 Å². The molecule has 0 aromatic heterocycles. The zero-order valence-corrected chi connectivity index (χ0v) is 10.8. The monoisotopic (exact) mass is 218 g/mol. The van der Waals surface area contributed by atoms with E-state index in [2.05, 4.69) is 25.1 Å². The molecule has 0 aliphatic heterocycles. The van der Waals surface area contributed by atoms with Gasteiger partial charge in [-0.25, -0.2) is 0 Å². The van der Waals surface area contributed by atoms with E-state index < -0.39 is 0 Å². The van der Waals surface area contributed by atoms with E-state index in [9.17, 15) is 4.79 Å². The number of carbonyl (C=O) groups is 1. The van der Waals surface area contributed by atoms with Gasteiger partial charge in [-0.05, 0) is 17.5 Å². The molecule has 0 fully saturated rings. The second kappa shape index (κ2) is 5.83. The Kier molecular flexibility index (Phi) is 4.72. The van der Waals surface area contributed by atoms with E-state index in [1.54, 1.807) is 0 Å². The lowest BCUT2D eigenvalue weighted by Crippen LogP contribution is -2.16. The summed E-state index contributed by atoms with van der Waals surface area (Å²) < 4.78 is 0. The summed E-state index contributed by atoms with van der Waals surface area (Å²) in [6.45, 7) is 8.14. The average molecular weight is 218 g/mol. The molecule has 1 heteroatoms. The van der Waals surface area contributed by atoms with E-state index >= 15 is 0 Å². The van der Waals surface area contributed by atoms with Crippen molar-refractivity contribution in [3.05, 3.63) is 35.4 Å². The summed E-state index contributed by atoms with van der Waals surface area (Å²) in [6.07, 6.45) is 2.19. The Labute approximate surface area is 98.9 Å². The minimum Gasteiger partial charge on any atom is -0.299 e. The molecular weight excluding hydrogens is 196 g/mol. The van der Waals surface area contributed by atoms with Crippen molar-refractivity contribution in [1.82, 2.24) is 0 Å². The zero-order valence-electron chi connectivity index (χ0n) is 10.8. The van der Waals surface area contributed by atoms with Gasteiger partial charge in [-0.3, -0.25) is 4.79 Å². The number of aryl methyl sites for hydroxylation is 1. The topological polar surface area (TPSA) is 17.1 Å². The molecule has 1 atom stereocenters. The first kappa shape index (κ1) is 13.0. The van der Waals surface area contributed by atoms with Gasteiger partial charge >= 0.3 is 0 Å². The molecule has 0 spiro atoms. The summed E-state index contributed by atoms with van der Waals surface area (Å²) in [5.41, 5.74) is 2.54. The zero-order chi connectivity index (χ0) is 12.1. The van der Waals surface area contributed by atoms with Crippen molar-refractivity contribution >= 4 is 5.78 Å². The first-order valence-corrected chi connectivity index (χ1v) is 6.19. The smallest absolute Gasteiger partial charge is 0.142 e. The molecule has 0 aliphatic carbocycles.